The highest BCUT2D eigenvalue weighted by atomic mass is 32.1. The second-order valence-corrected chi connectivity index (χ2v) is 9.43. The molecule has 3 aromatic rings. The van der Waals surface area contributed by atoms with Gasteiger partial charge in [-0.15, -0.1) is 17.8 Å². The van der Waals surface area contributed by atoms with E-state index in [9.17, 15) is 9.90 Å². The molecule has 0 radical (unpaired) electrons. The Hall–Kier alpha value is -3.34. The van der Waals surface area contributed by atoms with Crippen molar-refractivity contribution in [2.24, 2.45) is 0 Å². The van der Waals surface area contributed by atoms with Crippen LogP contribution in [0.2, 0.25) is 0 Å². The van der Waals surface area contributed by atoms with Crippen LogP contribution in [0, 0.1) is 12.3 Å². The Kier molecular flexibility index (Phi) is 5.79. The lowest BCUT2D eigenvalue weighted by molar-refractivity contribution is -0.0383. The Morgan fingerprint density at radius 2 is 1.85 bits per heavy atom. The number of amides is 2. The molecule has 1 aliphatic heterocycles. The number of nitrogens with one attached hydrogen (secondary N) is 1. The van der Waals surface area contributed by atoms with Crippen LogP contribution in [0.4, 0.5) is 16.3 Å². The van der Waals surface area contributed by atoms with E-state index in [1.54, 1.807) is 10.3 Å². The molecule has 1 saturated heterocycles. The number of benzene rings is 2. The quantitative estimate of drug-likeness (QED) is 0.564. The minimum absolute atomic E-state index is 0.166. The monoisotopic (exact) mass is 458 g/mol. The molecule has 0 atom stereocenters. The van der Waals surface area contributed by atoms with Gasteiger partial charge in [-0.3, -0.25) is 5.32 Å². The zero-order chi connectivity index (χ0) is 22.8. The molecule has 1 saturated carbocycles. The fraction of sp³-hybridized carbons (Fsp3) is 0.308. The number of rotatable bonds is 4. The zero-order valence-corrected chi connectivity index (χ0v) is 19.1. The minimum atomic E-state index is -0.770. The van der Waals surface area contributed by atoms with Crippen LogP contribution >= 0.6 is 11.3 Å². The van der Waals surface area contributed by atoms with Crippen molar-refractivity contribution < 1.29 is 9.90 Å². The smallest absolute Gasteiger partial charge is 0.323 e. The number of terminal acetylenes is 1. The lowest BCUT2D eigenvalue weighted by Gasteiger charge is -2.42. The van der Waals surface area contributed by atoms with Crippen LogP contribution in [0.25, 0.3) is 11.1 Å². The molecule has 7 heteroatoms. The summed E-state index contributed by atoms with van der Waals surface area (Å²) in [4.78, 5) is 20.9. The lowest BCUT2D eigenvalue weighted by atomic mass is 9.73. The van der Waals surface area contributed by atoms with Gasteiger partial charge >= 0.3 is 6.03 Å². The number of anilines is 2. The highest BCUT2D eigenvalue weighted by Gasteiger charge is 2.39. The number of aromatic nitrogens is 1. The summed E-state index contributed by atoms with van der Waals surface area (Å²) in [6, 6.07) is 16.5. The topological polar surface area (TPSA) is 68.7 Å². The molecule has 33 heavy (non-hydrogen) atoms. The molecule has 2 aliphatic rings. The van der Waals surface area contributed by atoms with Crippen molar-refractivity contribution in [1.82, 2.24) is 9.88 Å². The third-order valence-electron chi connectivity index (χ3n) is 6.56. The summed E-state index contributed by atoms with van der Waals surface area (Å²) in [5.74, 6) is 2.97. The van der Waals surface area contributed by atoms with Gasteiger partial charge in [0, 0.05) is 42.8 Å². The van der Waals surface area contributed by atoms with Gasteiger partial charge in [0.1, 0.15) is 5.82 Å². The first-order valence-corrected chi connectivity index (χ1v) is 12.1. The van der Waals surface area contributed by atoms with Crippen molar-refractivity contribution in [3.8, 4) is 23.5 Å². The number of hydrogen-bond acceptors (Lipinski definition) is 5. The van der Waals surface area contributed by atoms with E-state index in [2.05, 4.69) is 51.5 Å². The molecule has 2 aromatic carbocycles. The molecule has 168 valence electrons. The van der Waals surface area contributed by atoms with Crippen LogP contribution in [-0.2, 0) is 5.60 Å². The molecule has 0 spiro atoms. The van der Waals surface area contributed by atoms with Gasteiger partial charge in [-0.2, -0.15) is 0 Å². The van der Waals surface area contributed by atoms with E-state index in [-0.39, 0.29) is 6.03 Å². The van der Waals surface area contributed by atoms with Gasteiger partial charge in [0.25, 0.3) is 0 Å². The normalized spacial score (nSPS) is 17.2. The van der Waals surface area contributed by atoms with Crippen LogP contribution in [0.5, 0.6) is 0 Å². The minimum Gasteiger partial charge on any atom is -0.385 e. The molecule has 1 aliphatic carbocycles. The Bertz CT molecular complexity index is 1190. The number of thiazole rings is 1. The Balaban J connectivity index is 1.31. The Morgan fingerprint density at radius 3 is 2.48 bits per heavy atom. The van der Waals surface area contributed by atoms with E-state index in [4.69, 9.17) is 6.42 Å². The molecule has 0 unspecified atom stereocenters. The van der Waals surface area contributed by atoms with Gasteiger partial charge in [0.05, 0.1) is 5.60 Å². The van der Waals surface area contributed by atoms with Crippen molar-refractivity contribution in [1.29, 1.82) is 0 Å². The molecular formula is C26H26N4O2S. The summed E-state index contributed by atoms with van der Waals surface area (Å²) in [6.07, 6.45) is 7.97. The van der Waals surface area contributed by atoms with Crippen molar-refractivity contribution in [2.45, 2.75) is 24.9 Å². The first-order chi connectivity index (χ1) is 16.1. The summed E-state index contributed by atoms with van der Waals surface area (Å²) in [5.41, 5.74) is 3.55. The van der Waals surface area contributed by atoms with Gasteiger partial charge in [-0.25, -0.2) is 9.78 Å². The number of carbonyl (C=O) groups is 1. The fourth-order valence-electron chi connectivity index (χ4n) is 4.51. The lowest BCUT2D eigenvalue weighted by Crippen LogP contribution is -2.50. The molecular weight excluding hydrogens is 432 g/mol. The molecule has 2 N–H and O–H groups in total. The number of piperazine rings is 1. The van der Waals surface area contributed by atoms with Gasteiger partial charge in [-0.05, 0) is 48.4 Å². The fourth-order valence-corrected chi connectivity index (χ4v) is 5.07. The molecule has 0 bridgehead atoms. The number of nitrogens with zero attached hydrogens (tertiary/aromatic N) is 3. The van der Waals surface area contributed by atoms with Gasteiger partial charge in [0.2, 0.25) is 0 Å². The predicted octanol–water partition coefficient (Wildman–Crippen LogP) is 4.52. The molecule has 2 amide bonds. The largest absolute Gasteiger partial charge is 0.385 e. The number of carbonyl (C=O) groups excluding carboxylic acids is 1. The number of hydrogen-bond donors (Lipinski definition) is 2. The van der Waals surface area contributed by atoms with Gasteiger partial charge in [-0.1, -0.05) is 36.4 Å². The SMILES string of the molecule is C#Cc1nc(NC(=O)N2CCN(c3ccc(-c4ccccc4)cc3C3(O)CCC3)CC2)cs1. The van der Waals surface area contributed by atoms with E-state index in [1.165, 1.54) is 11.3 Å². The van der Waals surface area contributed by atoms with Crippen LogP contribution < -0.4 is 10.2 Å². The maximum atomic E-state index is 12.7. The van der Waals surface area contributed by atoms with Crippen molar-refractivity contribution in [3.05, 3.63) is 64.5 Å². The molecule has 2 fully saturated rings. The van der Waals surface area contributed by atoms with E-state index >= 15 is 0 Å². The Morgan fingerprint density at radius 1 is 1.09 bits per heavy atom. The number of aliphatic hydroxyl groups is 1. The van der Waals surface area contributed by atoms with Gasteiger partial charge < -0.3 is 14.9 Å². The van der Waals surface area contributed by atoms with Crippen LogP contribution in [-0.4, -0.2) is 47.2 Å². The maximum absolute atomic E-state index is 12.7. The average molecular weight is 459 g/mol. The second kappa shape index (κ2) is 8.89. The van der Waals surface area contributed by atoms with Crippen molar-refractivity contribution in [2.75, 3.05) is 36.4 Å². The number of urea groups is 1. The summed E-state index contributed by atoms with van der Waals surface area (Å²) < 4.78 is 0. The third kappa shape index (κ3) is 4.32. The highest BCUT2D eigenvalue weighted by molar-refractivity contribution is 7.10. The summed E-state index contributed by atoms with van der Waals surface area (Å²) in [5, 5.41) is 16.4. The van der Waals surface area contributed by atoms with Gasteiger partial charge in [0.15, 0.2) is 5.01 Å². The van der Waals surface area contributed by atoms with Crippen molar-refractivity contribution in [3.63, 3.8) is 0 Å². The van der Waals surface area contributed by atoms with Crippen LogP contribution in [0.15, 0.2) is 53.9 Å². The third-order valence-corrected chi connectivity index (χ3v) is 7.33. The molecule has 5 rings (SSSR count). The first kappa shape index (κ1) is 21.5. The average Bonchev–Trinajstić information content (AvgIpc) is 3.30. The van der Waals surface area contributed by atoms with Crippen molar-refractivity contribution >= 4 is 28.9 Å². The zero-order valence-electron chi connectivity index (χ0n) is 18.3. The van der Waals surface area contributed by atoms with Crippen LogP contribution in [0.1, 0.15) is 29.8 Å². The van der Waals surface area contributed by atoms with E-state index in [1.807, 2.05) is 18.2 Å². The summed E-state index contributed by atoms with van der Waals surface area (Å²) in [6.45, 7) is 2.59. The van der Waals surface area contributed by atoms with E-state index in [0.29, 0.717) is 37.0 Å². The first-order valence-electron chi connectivity index (χ1n) is 11.2. The predicted molar refractivity (Wildman–Crippen MR) is 132 cm³/mol. The molecule has 2 heterocycles. The van der Waals surface area contributed by atoms with E-state index < -0.39 is 5.60 Å². The maximum Gasteiger partial charge on any atom is 0.323 e. The highest BCUT2D eigenvalue weighted by Crippen LogP contribution is 2.46. The second-order valence-electron chi connectivity index (χ2n) is 8.57. The summed E-state index contributed by atoms with van der Waals surface area (Å²) >= 11 is 1.33. The van der Waals surface area contributed by atoms with E-state index in [0.717, 1.165) is 41.6 Å². The summed E-state index contributed by atoms with van der Waals surface area (Å²) in [7, 11) is 0. The molecule has 1 aromatic heterocycles. The molecule has 6 nitrogen and oxygen atoms in total. The Labute approximate surface area is 197 Å². The standard InChI is InChI=1S/C26H26N4O2S/c1-2-24-27-23(18-33-24)28-25(31)30-15-13-29(14-16-30)22-10-9-20(19-7-4-3-5-8-19)17-21(22)26(32)11-6-12-26/h1,3-5,7-10,17-18,32H,6,11-16H2,(H,28,31). The van der Waals surface area contributed by atoms with Crippen LogP contribution in [0.3, 0.4) is 0 Å².